The Morgan fingerprint density at radius 1 is 0.810 bits per heavy atom. The molecule has 3 aromatic rings. The van der Waals surface area contributed by atoms with E-state index in [0.717, 1.165) is 73.2 Å². The molecule has 13 nitrogen and oxygen atoms in total. The quantitative estimate of drug-likeness (QED) is 0.318. The first-order valence-electron chi connectivity index (χ1n) is 20.0. The number of carbonyl (C=O) groups is 5. The van der Waals surface area contributed by atoms with Crippen LogP contribution in [0.1, 0.15) is 82.7 Å². The van der Waals surface area contributed by atoms with Crippen LogP contribution in [0.4, 0.5) is 11.4 Å². The third-order valence-corrected chi connectivity index (χ3v) is 13.6. The first-order valence-corrected chi connectivity index (χ1v) is 20.4. The molecule has 3 saturated heterocycles. The minimum absolute atomic E-state index is 0.0436. The molecule has 1 unspecified atom stereocenters. The van der Waals surface area contributed by atoms with Crippen molar-refractivity contribution >= 4 is 52.5 Å². The Bertz CT molecular complexity index is 2310. The number of piperazine rings is 1. The highest BCUT2D eigenvalue weighted by Gasteiger charge is 2.67. The molecule has 9 rings (SSSR count). The van der Waals surface area contributed by atoms with Gasteiger partial charge in [0.1, 0.15) is 24.0 Å². The Morgan fingerprint density at radius 2 is 1.48 bits per heavy atom. The van der Waals surface area contributed by atoms with Crippen LogP contribution < -0.4 is 19.9 Å². The maximum Gasteiger partial charge on any atom is 0.262 e. The first kappa shape index (κ1) is 38.1. The van der Waals surface area contributed by atoms with Gasteiger partial charge in [-0.2, -0.15) is 5.26 Å². The number of nitrogens with zero attached hydrogens (tertiary/aromatic N) is 6. The molecule has 1 atom stereocenters. The second-order valence-electron chi connectivity index (χ2n) is 17.8. The maximum atomic E-state index is 13.9. The largest absolute Gasteiger partial charge is 0.489 e. The molecule has 58 heavy (non-hydrogen) atoms. The highest BCUT2D eigenvalue weighted by Crippen LogP contribution is 2.59. The molecule has 0 aromatic heterocycles. The predicted molar refractivity (Wildman–Crippen MR) is 216 cm³/mol. The van der Waals surface area contributed by atoms with E-state index in [-0.39, 0.29) is 41.7 Å². The third-order valence-electron chi connectivity index (χ3n) is 13.3. The molecular formula is C44H46ClN7O6. The van der Waals surface area contributed by atoms with Crippen LogP contribution >= 0.6 is 11.6 Å². The smallest absolute Gasteiger partial charge is 0.262 e. The van der Waals surface area contributed by atoms with Crippen molar-refractivity contribution in [1.29, 1.82) is 5.26 Å². The van der Waals surface area contributed by atoms with Crippen LogP contribution in [0.15, 0.2) is 54.6 Å². The summed E-state index contributed by atoms with van der Waals surface area (Å²) in [7, 11) is 0. The van der Waals surface area contributed by atoms with Crippen LogP contribution in [0.25, 0.3) is 0 Å². The van der Waals surface area contributed by atoms with E-state index in [1.165, 1.54) is 0 Å². The van der Waals surface area contributed by atoms with Crippen molar-refractivity contribution in [2.24, 2.45) is 16.7 Å². The van der Waals surface area contributed by atoms with E-state index in [9.17, 15) is 29.2 Å². The number of nitriles is 1. The standard InChI is InChI=1S/C44H46ClN7O6/c1-43(2)41(44(3,4)42(43)58-30-8-5-26(20-46)34(45)19-30)51-24-27-17-28(6-9-31(27)38(51)55)49-15-13-48(14-16-49)21-25-22-50(23-25)29-7-10-32-33(18-29)40(57)52(39(32)56)35-11-12-36(53)47-37(35)54/h5-10,17-19,25,35,41-42H,11-16,21-24H2,1-4H3,(H,47,53,54)/t35?,41-,42-. The van der Waals surface area contributed by atoms with Gasteiger partial charge in [0.2, 0.25) is 11.8 Å². The van der Waals surface area contributed by atoms with Crippen LogP contribution in [-0.2, 0) is 16.1 Å². The molecule has 0 radical (unpaired) electrons. The predicted octanol–water partition coefficient (Wildman–Crippen LogP) is 4.71. The second-order valence-corrected chi connectivity index (χ2v) is 18.2. The molecule has 1 N–H and O–H groups in total. The van der Waals surface area contributed by atoms with E-state index >= 15 is 0 Å². The first-order chi connectivity index (χ1) is 27.6. The lowest BCUT2D eigenvalue weighted by Crippen LogP contribution is -2.74. The lowest BCUT2D eigenvalue weighted by Gasteiger charge is -2.65. The van der Waals surface area contributed by atoms with Gasteiger partial charge >= 0.3 is 0 Å². The van der Waals surface area contributed by atoms with Gasteiger partial charge in [-0.15, -0.1) is 0 Å². The minimum atomic E-state index is -0.976. The monoisotopic (exact) mass is 803 g/mol. The molecule has 0 spiro atoms. The van der Waals surface area contributed by atoms with E-state index in [1.54, 1.807) is 30.3 Å². The molecule has 4 fully saturated rings. The molecule has 1 saturated carbocycles. The summed E-state index contributed by atoms with van der Waals surface area (Å²) in [4.78, 5) is 74.5. The zero-order valence-electron chi connectivity index (χ0n) is 33.1. The van der Waals surface area contributed by atoms with E-state index in [0.29, 0.717) is 39.9 Å². The Morgan fingerprint density at radius 3 is 2.16 bits per heavy atom. The van der Waals surface area contributed by atoms with Crippen LogP contribution in [0, 0.1) is 28.1 Å². The average Bonchev–Trinajstić information content (AvgIpc) is 3.62. The highest BCUT2D eigenvalue weighted by atomic mass is 35.5. The van der Waals surface area contributed by atoms with Gasteiger partial charge in [0.25, 0.3) is 17.7 Å². The summed E-state index contributed by atoms with van der Waals surface area (Å²) in [5, 5.41) is 11.9. The fourth-order valence-electron chi connectivity index (χ4n) is 10.9. The molecule has 1 aliphatic carbocycles. The number of amides is 5. The van der Waals surface area contributed by atoms with Gasteiger partial charge < -0.3 is 19.4 Å². The number of nitrogens with one attached hydrogen (secondary N) is 1. The molecule has 5 heterocycles. The van der Waals surface area contributed by atoms with Gasteiger partial charge in [-0.1, -0.05) is 39.3 Å². The number of halogens is 1. The molecule has 3 aromatic carbocycles. The maximum absolute atomic E-state index is 13.9. The van der Waals surface area contributed by atoms with Crippen LogP contribution in [0.5, 0.6) is 5.75 Å². The zero-order chi connectivity index (χ0) is 40.8. The number of rotatable bonds is 8. The van der Waals surface area contributed by atoms with Crippen LogP contribution in [0.2, 0.25) is 5.02 Å². The van der Waals surface area contributed by atoms with Gasteiger partial charge in [0.15, 0.2) is 0 Å². The number of imide groups is 2. The molecular weight excluding hydrogens is 758 g/mol. The Hall–Kier alpha value is -5.45. The molecule has 14 heteroatoms. The summed E-state index contributed by atoms with van der Waals surface area (Å²) in [6, 6.07) is 17.8. The Labute approximate surface area is 342 Å². The number of piperidine rings is 1. The number of anilines is 2. The van der Waals surface area contributed by atoms with Gasteiger partial charge in [0, 0.05) is 105 Å². The van der Waals surface area contributed by atoms with E-state index in [1.807, 2.05) is 17.0 Å². The number of carbonyl (C=O) groups excluding carboxylic acids is 5. The lowest BCUT2D eigenvalue weighted by molar-refractivity contribution is -0.199. The summed E-state index contributed by atoms with van der Waals surface area (Å²) in [5.41, 5.74) is 4.16. The van der Waals surface area contributed by atoms with Gasteiger partial charge in [-0.05, 0) is 60.5 Å². The Kier molecular flexibility index (Phi) is 9.09. The van der Waals surface area contributed by atoms with E-state index in [4.69, 9.17) is 16.3 Å². The number of ether oxygens (including phenoxy) is 1. The third kappa shape index (κ3) is 6.11. The summed E-state index contributed by atoms with van der Waals surface area (Å²) >= 11 is 6.30. The molecule has 300 valence electrons. The molecule has 5 aliphatic heterocycles. The summed E-state index contributed by atoms with van der Waals surface area (Å²) in [6.07, 6.45) is 0.0523. The van der Waals surface area contributed by atoms with Crippen molar-refractivity contribution in [3.63, 3.8) is 0 Å². The van der Waals surface area contributed by atoms with Gasteiger partial charge in [-0.3, -0.25) is 39.1 Å². The summed E-state index contributed by atoms with van der Waals surface area (Å²) in [5.74, 6) is -0.846. The fourth-order valence-corrected chi connectivity index (χ4v) is 11.1. The number of hydrogen-bond acceptors (Lipinski definition) is 10. The number of benzene rings is 3. The second kappa shape index (κ2) is 13.8. The molecule has 6 aliphatic rings. The van der Waals surface area contributed by atoms with Crippen molar-refractivity contribution < 1.29 is 28.7 Å². The van der Waals surface area contributed by atoms with Crippen LogP contribution in [-0.4, -0.2) is 108 Å². The topological polar surface area (TPSA) is 147 Å². The van der Waals surface area contributed by atoms with Crippen molar-refractivity contribution in [2.75, 3.05) is 55.6 Å². The van der Waals surface area contributed by atoms with Crippen molar-refractivity contribution in [1.82, 2.24) is 20.0 Å². The van der Waals surface area contributed by atoms with E-state index < -0.39 is 29.7 Å². The SMILES string of the molecule is CC1(C)[C@H](Oc2ccc(C#N)c(Cl)c2)C(C)(C)[C@H]1N1Cc2cc(N3CCN(CC4CN(c5ccc6c(c5)C(=O)N(C5CCC(=O)NC5=O)C6=O)C4)CC3)ccc2C1=O. The average molecular weight is 804 g/mol. The highest BCUT2D eigenvalue weighted by molar-refractivity contribution is 6.31. The van der Waals surface area contributed by atoms with Crippen molar-refractivity contribution in [2.45, 2.75) is 65.3 Å². The van der Waals surface area contributed by atoms with Gasteiger partial charge in [0.05, 0.1) is 21.7 Å². The summed E-state index contributed by atoms with van der Waals surface area (Å²) < 4.78 is 6.49. The van der Waals surface area contributed by atoms with Crippen LogP contribution in [0.3, 0.4) is 0 Å². The van der Waals surface area contributed by atoms with E-state index in [2.05, 4.69) is 65.9 Å². The number of fused-ring (bicyclic) bond motifs is 2. The normalized spacial score (nSPS) is 25.2. The summed E-state index contributed by atoms with van der Waals surface area (Å²) in [6.45, 7) is 15.5. The number of hydrogen-bond donors (Lipinski definition) is 1. The minimum Gasteiger partial charge on any atom is -0.489 e. The van der Waals surface area contributed by atoms with Crippen molar-refractivity contribution in [3.8, 4) is 11.8 Å². The Balaban J connectivity index is 0.774. The fraction of sp³-hybridized carbons (Fsp3) is 0.455. The van der Waals surface area contributed by atoms with Crippen molar-refractivity contribution in [3.05, 3.63) is 87.4 Å². The molecule has 0 bridgehead atoms. The van der Waals surface area contributed by atoms with Gasteiger partial charge in [-0.25, -0.2) is 0 Å². The zero-order valence-corrected chi connectivity index (χ0v) is 33.8. The lowest BCUT2D eigenvalue weighted by atomic mass is 9.49. The molecule has 5 amide bonds.